The number of aromatic amines is 1. The maximum atomic E-state index is 13.2. The van der Waals surface area contributed by atoms with Gasteiger partial charge >= 0.3 is 0 Å². The van der Waals surface area contributed by atoms with Crippen LogP contribution in [0.2, 0.25) is 0 Å². The maximum Gasteiger partial charge on any atom is 0.132 e. The predicted octanol–water partition coefficient (Wildman–Crippen LogP) is 3.43. The van der Waals surface area contributed by atoms with Crippen LogP contribution >= 0.6 is 0 Å². The Morgan fingerprint density at radius 2 is 2.00 bits per heavy atom. The third-order valence-electron chi connectivity index (χ3n) is 2.32. The van der Waals surface area contributed by atoms with Crippen molar-refractivity contribution in [2.75, 3.05) is 0 Å². The molecule has 0 unspecified atom stereocenters. The molecule has 2 rings (SSSR count). The van der Waals surface area contributed by atoms with Crippen molar-refractivity contribution in [2.45, 2.75) is 19.8 Å². The van der Waals surface area contributed by atoms with E-state index in [-0.39, 0.29) is 5.82 Å². The smallest absolute Gasteiger partial charge is 0.132 e. The second kappa shape index (κ2) is 2.87. The van der Waals surface area contributed by atoms with Gasteiger partial charge in [-0.05, 0) is 23.6 Å². The van der Waals surface area contributed by atoms with E-state index in [4.69, 9.17) is 0 Å². The fourth-order valence-electron chi connectivity index (χ4n) is 1.62. The topological polar surface area (TPSA) is 15.8 Å². The molecule has 0 aliphatic heterocycles. The number of halogens is 1. The monoisotopic (exact) mass is 177 g/mol. The lowest BCUT2D eigenvalue weighted by atomic mass is 10.0. The van der Waals surface area contributed by atoms with Gasteiger partial charge in [-0.15, -0.1) is 0 Å². The Labute approximate surface area is 76.6 Å². The molecule has 0 fully saturated rings. The van der Waals surface area contributed by atoms with Crippen molar-refractivity contribution in [3.63, 3.8) is 0 Å². The third-order valence-corrected chi connectivity index (χ3v) is 2.32. The van der Waals surface area contributed by atoms with Gasteiger partial charge in [-0.25, -0.2) is 4.39 Å². The quantitative estimate of drug-likeness (QED) is 0.686. The SMILES string of the molecule is CC(C)c1ccc(F)c2cc[nH]c12. The highest BCUT2D eigenvalue weighted by Gasteiger charge is 2.08. The van der Waals surface area contributed by atoms with E-state index in [9.17, 15) is 4.39 Å². The number of benzene rings is 1. The minimum absolute atomic E-state index is 0.152. The first-order valence-corrected chi connectivity index (χ1v) is 4.45. The lowest BCUT2D eigenvalue weighted by Gasteiger charge is -2.06. The molecule has 1 N–H and O–H groups in total. The van der Waals surface area contributed by atoms with Gasteiger partial charge in [0.2, 0.25) is 0 Å². The molecule has 68 valence electrons. The number of fused-ring (bicyclic) bond motifs is 1. The van der Waals surface area contributed by atoms with Gasteiger partial charge in [0.15, 0.2) is 0 Å². The van der Waals surface area contributed by atoms with Crippen LogP contribution in [0.4, 0.5) is 4.39 Å². The molecule has 0 radical (unpaired) electrons. The summed E-state index contributed by atoms with van der Waals surface area (Å²) in [7, 11) is 0. The van der Waals surface area contributed by atoms with E-state index in [0.717, 1.165) is 5.52 Å². The summed E-state index contributed by atoms with van der Waals surface area (Å²) in [5.41, 5.74) is 2.09. The van der Waals surface area contributed by atoms with Crippen LogP contribution in [0, 0.1) is 5.82 Å². The zero-order valence-corrected chi connectivity index (χ0v) is 7.76. The molecule has 13 heavy (non-hydrogen) atoms. The number of rotatable bonds is 1. The van der Waals surface area contributed by atoms with Gasteiger partial charge in [0.1, 0.15) is 5.82 Å². The van der Waals surface area contributed by atoms with Crippen LogP contribution in [-0.2, 0) is 0 Å². The lowest BCUT2D eigenvalue weighted by molar-refractivity contribution is 0.639. The number of nitrogens with one attached hydrogen (secondary N) is 1. The van der Waals surface area contributed by atoms with E-state index in [1.165, 1.54) is 11.6 Å². The highest BCUT2D eigenvalue weighted by Crippen LogP contribution is 2.25. The summed E-state index contributed by atoms with van der Waals surface area (Å²) in [4.78, 5) is 3.07. The first-order valence-electron chi connectivity index (χ1n) is 4.45. The first kappa shape index (κ1) is 8.30. The minimum atomic E-state index is -0.152. The molecule has 1 heterocycles. The molecule has 0 aliphatic carbocycles. The Balaban J connectivity index is 2.78. The van der Waals surface area contributed by atoms with Crippen LogP contribution in [-0.4, -0.2) is 4.98 Å². The van der Waals surface area contributed by atoms with E-state index >= 15 is 0 Å². The van der Waals surface area contributed by atoms with Crippen molar-refractivity contribution in [1.29, 1.82) is 0 Å². The second-order valence-electron chi connectivity index (χ2n) is 3.56. The molecule has 0 saturated heterocycles. The molecule has 0 bridgehead atoms. The molecule has 2 heteroatoms. The molecule has 0 aliphatic rings. The zero-order chi connectivity index (χ0) is 9.42. The van der Waals surface area contributed by atoms with Crippen molar-refractivity contribution >= 4 is 10.9 Å². The summed E-state index contributed by atoms with van der Waals surface area (Å²) in [6.45, 7) is 4.21. The fraction of sp³-hybridized carbons (Fsp3) is 0.273. The molecule has 0 atom stereocenters. The minimum Gasteiger partial charge on any atom is -0.361 e. The summed E-state index contributed by atoms with van der Waals surface area (Å²) >= 11 is 0. The Bertz CT molecular complexity index is 429. The van der Waals surface area contributed by atoms with Gasteiger partial charge in [0.05, 0.1) is 5.52 Å². The van der Waals surface area contributed by atoms with Crippen molar-refractivity contribution in [3.8, 4) is 0 Å². The fourth-order valence-corrected chi connectivity index (χ4v) is 1.62. The zero-order valence-electron chi connectivity index (χ0n) is 7.76. The Morgan fingerprint density at radius 1 is 1.23 bits per heavy atom. The molecular formula is C11H12FN. The van der Waals surface area contributed by atoms with Gasteiger partial charge in [-0.1, -0.05) is 19.9 Å². The largest absolute Gasteiger partial charge is 0.361 e. The molecule has 2 aromatic rings. The third kappa shape index (κ3) is 1.22. The van der Waals surface area contributed by atoms with Crippen LogP contribution in [0.25, 0.3) is 10.9 Å². The maximum absolute atomic E-state index is 13.2. The van der Waals surface area contributed by atoms with Gasteiger partial charge in [-0.3, -0.25) is 0 Å². The number of hydrogen-bond acceptors (Lipinski definition) is 0. The molecule has 1 aromatic heterocycles. The number of hydrogen-bond donors (Lipinski definition) is 1. The first-order chi connectivity index (χ1) is 6.20. The van der Waals surface area contributed by atoms with Crippen LogP contribution in [0.3, 0.4) is 0 Å². The van der Waals surface area contributed by atoms with Crippen LogP contribution in [0.1, 0.15) is 25.3 Å². The van der Waals surface area contributed by atoms with Crippen LogP contribution in [0.5, 0.6) is 0 Å². The molecule has 0 spiro atoms. The molecule has 0 saturated carbocycles. The van der Waals surface area contributed by atoms with E-state index in [0.29, 0.717) is 11.3 Å². The normalized spacial score (nSPS) is 11.4. The lowest BCUT2D eigenvalue weighted by Crippen LogP contribution is -1.90. The molecule has 0 amide bonds. The Hall–Kier alpha value is -1.31. The number of H-pyrrole nitrogens is 1. The van der Waals surface area contributed by atoms with E-state index in [2.05, 4.69) is 18.8 Å². The highest BCUT2D eigenvalue weighted by atomic mass is 19.1. The van der Waals surface area contributed by atoms with Gasteiger partial charge in [0, 0.05) is 11.6 Å². The Kier molecular flexibility index (Phi) is 1.83. The van der Waals surface area contributed by atoms with Crippen molar-refractivity contribution in [2.24, 2.45) is 0 Å². The summed E-state index contributed by atoms with van der Waals surface area (Å²) in [5, 5.41) is 0.686. The predicted molar refractivity (Wildman–Crippen MR) is 52.3 cm³/mol. The standard InChI is InChI=1S/C11H12FN/c1-7(2)8-3-4-10(12)9-5-6-13-11(8)9/h3-7,13H,1-2H3. The van der Waals surface area contributed by atoms with Crippen LogP contribution in [0.15, 0.2) is 24.4 Å². The van der Waals surface area contributed by atoms with Crippen molar-refractivity contribution < 1.29 is 4.39 Å². The van der Waals surface area contributed by atoms with E-state index in [1.807, 2.05) is 6.07 Å². The molecule has 1 aromatic carbocycles. The Morgan fingerprint density at radius 3 is 2.69 bits per heavy atom. The van der Waals surface area contributed by atoms with Gasteiger partial charge in [-0.2, -0.15) is 0 Å². The van der Waals surface area contributed by atoms with Crippen molar-refractivity contribution in [1.82, 2.24) is 4.98 Å². The van der Waals surface area contributed by atoms with Gasteiger partial charge in [0.25, 0.3) is 0 Å². The average molecular weight is 177 g/mol. The van der Waals surface area contributed by atoms with E-state index in [1.54, 1.807) is 12.3 Å². The van der Waals surface area contributed by atoms with Crippen molar-refractivity contribution in [3.05, 3.63) is 35.8 Å². The number of aromatic nitrogens is 1. The van der Waals surface area contributed by atoms with E-state index < -0.39 is 0 Å². The highest BCUT2D eigenvalue weighted by molar-refractivity contribution is 5.83. The average Bonchev–Trinajstić information content (AvgIpc) is 2.53. The summed E-state index contributed by atoms with van der Waals surface area (Å²) in [5.74, 6) is 0.266. The van der Waals surface area contributed by atoms with Crippen LogP contribution < -0.4 is 0 Å². The molecule has 1 nitrogen and oxygen atoms in total. The molecular weight excluding hydrogens is 165 g/mol. The second-order valence-corrected chi connectivity index (χ2v) is 3.56. The summed E-state index contributed by atoms with van der Waals surface area (Å²) in [6.07, 6.45) is 1.78. The summed E-state index contributed by atoms with van der Waals surface area (Å²) in [6, 6.07) is 5.15. The summed E-state index contributed by atoms with van der Waals surface area (Å²) < 4.78 is 13.2. The van der Waals surface area contributed by atoms with Gasteiger partial charge < -0.3 is 4.98 Å².